The molecule has 2 fully saturated rings. The first kappa shape index (κ1) is 14.8. The van der Waals surface area contributed by atoms with Gasteiger partial charge in [-0.05, 0) is 46.0 Å². The van der Waals surface area contributed by atoms with Crippen LogP contribution in [0.15, 0.2) is 0 Å². The third-order valence-electron chi connectivity index (χ3n) is 5.02. The second-order valence-electron chi connectivity index (χ2n) is 6.76. The summed E-state index contributed by atoms with van der Waals surface area (Å²) in [5.74, 6) is 0.241. The topological polar surface area (TPSA) is 49.6 Å². The van der Waals surface area contributed by atoms with Crippen molar-refractivity contribution in [2.75, 3.05) is 20.1 Å². The average molecular weight is 267 g/mol. The minimum Gasteiger partial charge on any atom is -0.343 e. The third-order valence-corrected chi connectivity index (χ3v) is 5.02. The van der Waals surface area contributed by atoms with Crippen LogP contribution in [0, 0.1) is 0 Å². The van der Waals surface area contributed by atoms with Crippen molar-refractivity contribution in [1.29, 1.82) is 0 Å². The molecule has 1 amide bonds. The Balaban J connectivity index is 1.80. The molecule has 2 N–H and O–H groups in total. The molecule has 0 aromatic rings. The van der Waals surface area contributed by atoms with Gasteiger partial charge in [-0.3, -0.25) is 4.79 Å². The maximum Gasteiger partial charge on any atom is 0.224 e. The molecular weight excluding hydrogens is 238 g/mol. The van der Waals surface area contributed by atoms with E-state index in [0.717, 1.165) is 38.8 Å². The van der Waals surface area contributed by atoms with Crippen molar-refractivity contribution in [3.63, 3.8) is 0 Å². The lowest BCUT2D eigenvalue weighted by Gasteiger charge is -2.42. The number of rotatable bonds is 4. The number of carbonyl (C=O) groups excluding carboxylic acids is 1. The van der Waals surface area contributed by atoms with Crippen LogP contribution in [0.5, 0.6) is 0 Å². The number of hydrogen-bond acceptors (Lipinski definition) is 3. The standard InChI is InChI=1S/C15H29N3O/c1-12(2)18-9-5-13(6-10-18)17(3)14(19)11-15(16)7-4-8-15/h12-13H,4-11,16H2,1-3H3. The lowest BCUT2D eigenvalue weighted by atomic mass is 9.75. The number of likely N-dealkylation sites (tertiary alicyclic amines) is 1. The molecule has 1 aliphatic heterocycles. The van der Waals surface area contributed by atoms with E-state index < -0.39 is 0 Å². The molecule has 0 aromatic carbocycles. The Hall–Kier alpha value is -0.610. The first-order valence-corrected chi connectivity index (χ1v) is 7.70. The van der Waals surface area contributed by atoms with Crippen molar-refractivity contribution in [2.24, 2.45) is 5.73 Å². The van der Waals surface area contributed by atoms with E-state index in [1.807, 2.05) is 11.9 Å². The summed E-state index contributed by atoms with van der Waals surface area (Å²) in [7, 11) is 1.96. The lowest BCUT2D eigenvalue weighted by Crippen LogP contribution is -2.53. The molecule has 4 nitrogen and oxygen atoms in total. The van der Waals surface area contributed by atoms with Crippen molar-refractivity contribution in [3.05, 3.63) is 0 Å². The fourth-order valence-corrected chi connectivity index (χ4v) is 3.23. The molecule has 0 radical (unpaired) electrons. The quantitative estimate of drug-likeness (QED) is 0.841. The van der Waals surface area contributed by atoms with Crippen LogP contribution in [0.1, 0.15) is 52.4 Å². The molecule has 1 saturated carbocycles. The van der Waals surface area contributed by atoms with Crippen LogP contribution in [-0.4, -0.2) is 53.5 Å². The zero-order valence-corrected chi connectivity index (χ0v) is 12.7. The first-order valence-electron chi connectivity index (χ1n) is 7.70. The fraction of sp³-hybridized carbons (Fsp3) is 0.933. The molecule has 0 aromatic heterocycles. The van der Waals surface area contributed by atoms with Gasteiger partial charge in [0.2, 0.25) is 5.91 Å². The highest BCUT2D eigenvalue weighted by atomic mass is 16.2. The van der Waals surface area contributed by atoms with Crippen molar-refractivity contribution < 1.29 is 4.79 Å². The number of piperidine rings is 1. The number of nitrogens with two attached hydrogens (primary N) is 1. The van der Waals surface area contributed by atoms with Crippen LogP contribution in [0.4, 0.5) is 0 Å². The van der Waals surface area contributed by atoms with Crippen molar-refractivity contribution in [1.82, 2.24) is 9.80 Å². The molecule has 0 spiro atoms. The van der Waals surface area contributed by atoms with Gasteiger partial charge >= 0.3 is 0 Å². The Morgan fingerprint density at radius 3 is 2.37 bits per heavy atom. The Labute approximate surface area is 117 Å². The molecule has 1 saturated heterocycles. The Morgan fingerprint density at radius 2 is 1.95 bits per heavy atom. The van der Waals surface area contributed by atoms with E-state index in [1.165, 1.54) is 6.42 Å². The molecule has 0 atom stereocenters. The van der Waals surface area contributed by atoms with E-state index in [4.69, 9.17) is 5.73 Å². The zero-order chi connectivity index (χ0) is 14.0. The zero-order valence-electron chi connectivity index (χ0n) is 12.7. The third kappa shape index (κ3) is 3.48. The summed E-state index contributed by atoms with van der Waals surface area (Å²) in [5.41, 5.74) is 5.99. The van der Waals surface area contributed by atoms with Gasteiger partial charge in [0.15, 0.2) is 0 Å². The van der Waals surface area contributed by atoms with Crippen LogP contribution < -0.4 is 5.73 Å². The van der Waals surface area contributed by atoms with Gasteiger partial charge in [-0.25, -0.2) is 0 Å². The summed E-state index contributed by atoms with van der Waals surface area (Å²) in [5, 5.41) is 0. The summed E-state index contributed by atoms with van der Waals surface area (Å²) in [6, 6.07) is 1.02. The second kappa shape index (κ2) is 5.80. The predicted octanol–water partition coefficient (Wildman–Crippen LogP) is 1.59. The summed E-state index contributed by atoms with van der Waals surface area (Å²) in [6.45, 7) is 6.69. The van der Waals surface area contributed by atoms with E-state index in [2.05, 4.69) is 18.7 Å². The van der Waals surface area contributed by atoms with Crippen molar-refractivity contribution >= 4 is 5.91 Å². The molecular formula is C15H29N3O. The minimum absolute atomic E-state index is 0.190. The SMILES string of the molecule is CC(C)N1CCC(N(C)C(=O)CC2(N)CCC2)CC1. The van der Waals surface area contributed by atoms with E-state index in [0.29, 0.717) is 18.5 Å². The van der Waals surface area contributed by atoms with Crippen LogP contribution in [0.3, 0.4) is 0 Å². The van der Waals surface area contributed by atoms with Gasteiger partial charge in [-0.1, -0.05) is 0 Å². The Kier molecular flexibility index (Phi) is 4.51. The first-order chi connectivity index (χ1) is 8.91. The summed E-state index contributed by atoms with van der Waals surface area (Å²) < 4.78 is 0. The van der Waals surface area contributed by atoms with E-state index in [1.54, 1.807) is 0 Å². The largest absolute Gasteiger partial charge is 0.343 e. The molecule has 0 bridgehead atoms. The Morgan fingerprint density at radius 1 is 1.37 bits per heavy atom. The summed E-state index contributed by atoms with van der Waals surface area (Å²) in [6.07, 6.45) is 5.93. The van der Waals surface area contributed by atoms with Crippen molar-refractivity contribution in [2.45, 2.75) is 70.0 Å². The van der Waals surface area contributed by atoms with Crippen LogP contribution >= 0.6 is 0 Å². The summed E-state index contributed by atoms with van der Waals surface area (Å²) >= 11 is 0. The monoisotopic (exact) mass is 267 g/mol. The van der Waals surface area contributed by atoms with Gasteiger partial charge in [-0.15, -0.1) is 0 Å². The highest BCUT2D eigenvalue weighted by Crippen LogP contribution is 2.33. The molecule has 1 aliphatic carbocycles. The molecule has 4 heteroatoms. The molecule has 0 unspecified atom stereocenters. The van der Waals surface area contributed by atoms with Crippen LogP contribution in [-0.2, 0) is 4.79 Å². The molecule has 2 aliphatic rings. The molecule has 110 valence electrons. The number of amides is 1. The predicted molar refractivity (Wildman–Crippen MR) is 77.9 cm³/mol. The second-order valence-corrected chi connectivity index (χ2v) is 6.76. The average Bonchev–Trinajstić information content (AvgIpc) is 2.36. The van der Waals surface area contributed by atoms with Gasteiger partial charge < -0.3 is 15.5 Å². The molecule has 2 rings (SSSR count). The smallest absolute Gasteiger partial charge is 0.224 e. The maximum absolute atomic E-state index is 12.3. The van der Waals surface area contributed by atoms with Gasteiger partial charge in [0, 0.05) is 44.2 Å². The van der Waals surface area contributed by atoms with E-state index >= 15 is 0 Å². The lowest BCUT2D eigenvalue weighted by molar-refractivity contribution is -0.135. The summed E-state index contributed by atoms with van der Waals surface area (Å²) in [4.78, 5) is 16.8. The molecule has 1 heterocycles. The van der Waals surface area contributed by atoms with Gasteiger partial charge in [0.05, 0.1) is 0 Å². The van der Waals surface area contributed by atoms with Crippen LogP contribution in [0.2, 0.25) is 0 Å². The highest BCUT2D eigenvalue weighted by molar-refractivity contribution is 5.77. The minimum atomic E-state index is -0.190. The van der Waals surface area contributed by atoms with Gasteiger partial charge in [-0.2, -0.15) is 0 Å². The normalized spacial score (nSPS) is 24.3. The number of nitrogens with zero attached hydrogens (tertiary/aromatic N) is 2. The number of hydrogen-bond donors (Lipinski definition) is 1. The van der Waals surface area contributed by atoms with Crippen LogP contribution in [0.25, 0.3) is 0 Å². The Bertz CT molecular complexity index is 317. The molecule has 19 heavy (non-hydrogen) atoms. The van der Waals surface area contributed by atoms with Crippen molar-refractivity contribution in [3.8, 4) is 0 Å². The number of carbonyl (C=O) groups is 1. The van der Waals surface area contributed by atoms with E-state index in [-0.39, 0.29) is 11.4 Å². The highest BCUT2D eigenvalue weighted by Gasteiger charge is 2.36. The van der Waals surface area contributed by atoms with E-state index in [9.17, 15) is 4.79 Å². The van der Waals surface area contributed by atoms with Gasteiger partial charge in [0.1, 0.15) is 0 Å². The maximum atomic E-state index is 12.3. The fourth-order valence-electron chi connectivity index (χ4n) is 3.23. The van der Waals surface area contributed by atoms with Gasteiger partial charge in [0.25, 0.3) is 0 Å².